The van der Waals surface area contributed by atoms with E-state index in [9.17, 15) is 4.79 Å². The summed E-state index contributed by atoms with van der Waals surface area (Å²) in [7, 11) is 3.96. The van der Waals surface area contributed by atoms with Crippen LogP contribution in [0, 0.1) is 0 Å². The SMILES string of the molecule is CCCNc1cccc(C(=O)NC(C)CN(C)C)n1. The molecule has 0 fully saturated rings. The number of anilines is 1. The molecule has 0 saturated carbocycles. The molecule has 0 aliphatic carbocycles. The number of hydrogen-bond acceptors (Lipinski definition) is 4. The normalized spacial score (nSPS) is 12.3. The van der Waals surface area contributed by atoms with Crippen molar-refractivity contribution < 1.29 is 4.79 Å². The van der Waals surface area contributed by atoms with E-state index in [0.29, 0.717) is 5.69 Å². The van der Waals surface area contributed by atoms with Crippen LogP contribution in [-0.4, -0.2) is 49.0 Å². The molecular weight excluding hydrogens is 240 g/mol. The number of carbonyl (C=O) groups excluding carboxylic acids is 1. The fraction of sp³-hybridized carbons (Fsp3) is 0.571. The Balaban J connectivity index is 2.61. The molecule has 106 valence electrons. The molecule has 0 aromatic carbocycles. The van der Waals surface area contributed by atoms with Gasteiger partial charge in [0.15, 0.2) is 0 Å². The average Bonchev–Trinajstić information content (AvgIpc) is 2.35. The van der Waals surface area contributed by atoms with Gasteiger partial charge in [-0.3, -0.25) is 4.79 Å². The molecule has 2 N–H and O–H groups in total. The zero-order valence-corrected chi connectivity index (χ0v) is 12.2. The smallest absolute Gasteiger partial charge is 0.270 e. The van der Waals surface area contributed by atoms with E-state index in [-0.39, 0.29) is 11.9 Å². The molecule has 1 unspecified atom stereocenters. The average molecular weight is 264 g/mol. The van der Waals surface area contributed by atoms with E-state index >= 15 is 0 Å². The lowest BCUT2D eigenvalue weighted by atomic mass is 10.2. The summed E-state index contributed by atoms with van der Waals surface area (Å²) in [5.74, 6) is 0.615. The third kappa shape index (κ3) is 5.70. The molecule has 0 aliphatic heterocycles. The predicted molar refractivity (Wildman–Crippen MR) is 78.5 cm³/mol. The van der Waals surface area contributed by atoms with Gasteiger partial charge in [-0.15, -0.1) is 0 Å². The van der Waals surface area contributed by atoms with Crippen molar-refractivity contribution in [2.24, 2.45) is 0 Å². The van der Waals surface area contributed by atoms with Crippen LogP contribution in [0.2, 0.25) is 0 Å². The Bertz CT molecular complexity index is 406. The van der Waals surface area contributed by atoms with Gasteiger partial charge in [-0.2, -0.15) is 0 Å². The molecule has 1 aromatic heterocycles. The fourth-order valence-electron chi connectivity index (χ4n) is 1.80. The second kappa shape index (κ2) is 7.74. The number of aromatic nitrogens is 1. The summed E-state index contributed by atoms with van der Waals surface area (Å²) in [4.78, 5) is 18.4. The van der Waals surface area contributed by atoms with Crippen molar-refractivity contribution in [1.29, 1.82) is 0 Å². The van der Waals surface area contributed by atoms with E-state index in [1.807, 2.05) is 38.1 Å². The van der Waals surface area contributed by atoms with Crippen LogP contribution < -0.4 is 10.6 Å². The standard InChI is InChI=1S/C14H24N4O/c1-5-9-15-13-8-6-7-12(17-13)14(19)16-11(2)10-18(3)4/h6-8,11H,5,9-10H2,1-4H3,(H,15,17)(H,16,19). The van der Waals surface area contributed by atoms with Gasteiger partial charge in [0.25, 0.3) is 5.91 Å². The second-order valence-electron chi connectivity index (χ2n) is 4.97. The van der Waals surface area contributed by atoms with Gasteiger partial charge in [0, 0.05) is 19.1 Å². The number of amides is 1. The molecule has 0 spiro atoms. The largest absolute Gasteiger partial charge is 0.370 e. The number of carbonyl (C=O) groups is 1. The summed E-state index contributed by atoms with van der Waals surface area (Å²) in [6, 6.07) is 5.54. The van der Waals surface area contributed by atoms with Crippen LogP contribution in [0.4, 0.5) is 5.82 Å². The van der Waals surface area contributed by atoms with Crippen molar-refractivity contribution in [2.45, 2.75) is 26.3 Å². The monoisotopic (exact) mass is 264 g/mol. The van der Waals surface area contributed by atoms with Gasteiger partial charge in [-0.05, 0) is 39.6 Å². The molecule has 5 heteroatoms. The number of pyridine rings is 1. The number of rotatable bonds is 7. The zero-order valence-electron chi connectivity index (χ0n) is 12.2. The van der Waals surface area contributed by atoms with Crippen LogP contribution >= 0.6 is 0 Å². The van der Waals surface area contributed by atoms with E-state index in [2.05, 4.69) is 22.5 Å². The molecule has 19 heavy (non-hydrogen) atoms. The lowest BCUT2D eigenvalue weighted by molar-refractivity contribution is 0.0929. The Labute approximate surface area is 115 Å². The van der Waals surface area contributed by atoms with Crippen LogP contribution in [0.25, 0.3) is 0 Å². The third-order valence-corrected chi connectivity index (χ3v) is 2.55. The first-order valence-corrected chi connectivity index (χ1v) is 6.69. The van der Waals surface area contributed by atoms with E-state index in [0.717, 1.165) is 25.3 Å². The highest BCUT2D eigenvalue weighted by Gasteiger charge is 2.11. The molecule has 1 rings (SSSR count). The summed E-state index contributed by atoms with van der Waals surface area (Å²) >= 11 is 0. The molecular formula is C14H24N4O. The number of likely N-dealkylation sites (N-methyl/N-ethyl adjacent to an activating group) is 1. The maximum atomic E-state index is 12.0. The third-order valence-electron chi connectivity index (χ3n) is 2.55. The van der Waals surface area contributed by atoms with Crippen LogP contribution in [0.3, 0.4) is 0 Å². The zero-order chi connectivity index (χ0) is 14.3. The Morgan fingerprint density at radius 2 is 2.16 bits per heavy atom. The van der Waals surface area contributed by atoms with Gasteiger partial charge in [0.05, 0.1) is 0 Å². The van der Waals surface area contributed by atoms with Crippen molar-refractivity contribution in [2.75, 3.05) is 32.5 Å². The minimum atomic E-state index is -0.130. The molecule has 0 aliphatic rings. The second-order valence-corrected chi connectivity index (χ2v) is 4.97. The van der Waals surface area contributed by atoms with Gasteiger partial charge in [0.2, 0.25) is 0 Å². The number of hydrogen-bond donors (Lipinski definition) is 2. The van der Waals surface area contributed by atoms with Crippen LogP contribution in [-0.2, 0) is 0 Å². The Morgan fingerprint density at radius 1 is 1.42 bits per heavy atom. The van der Waals surface area contributed by atoms with Gasteiger partial charge < -0.3 is 15.5 Å². The first-order chi connectivity index (χ1) is 9.02. The molecule has 0 radical (unpaired) electrons. The van der Waals surface area contributed by atoms with Crippen LogP contribution in [0.15, 0.2) is 18.2 Å². The summed E-state index contributed by atoms with van der Waals surface area (Å²) in [5.41, 5.74) is 0.451. The Hall–Kier alpha value is -1.62. The quantitative estimate of drug-likeness (QED) is 0.785. The topological polar surface area (TPSA) is 57.3 Å². The van der Waals surface area contributed by atoms with Crippen LogP contribution in [0.1, 0.15) is 30.8 Å². The highest BCUT2D eigenvalue weighted by molar-refractivity contribution is 5.92. The molecule has 1 atom stereocenters. The lowest BCUT2D eigenvalue weighted by Gasteiger charge is -2.18. The van der Waals surface area contributed by atoms with Crippen molar-refractivity contribution in [3.8, 4) is 0 Å². The molecule has 0 saturated heterocycles. The molecule has 0 bridgehead atoms. The maximum Gasteiger partial charge on any atom is 0.270 e. The molecule has 5 nitrogen and oxygen atoms in total. The summed E-state index contributed by atoms with van der Waals surface area (Å²) in [6.45, 7) is 5.73. The molecule has 1 heterocycles. The summed E-state index contributed by atoms with van der Waals surface area (Å²) in [5, 5.41) is 6.12. The number of nitrogens with zero attached hydrogens (tertiary/aromatic N) is 2. The van der Waals surface area contributed by atoms with Gasteiger partial charge in [0.1, 0.15) is 11.5 Å². The predicted octanol–water partition coefficient (Wildman–Crippen LogP) is 1.58. The molecule has 1 amide bonds. The van der Waals surface area contributed by atoms with Crippen molar-refractivity contribution >= 4 is 11.7 Å². The highest BCUT2D eigenvalue weighted by Crippen LogP contribution is 2.05. The minimum Gasteiger partial charge on any atom is -0.370 e. The maximum absolute atomic E-state index is 12.0. The Morgan fingerprint density at radius 3 is 2.79 bits per heavy atom. The van der Waals surface area contributed by atoms with Crippen molar-refractivity contribution in [3.05, 3.63) is 23.9 Å². The molecule has 1 aromatic rings. The van der Waals surface area contributed by atoms with E-state index in [4.69, 9.17) is 0 Å². The first-order valence-electron chi connectivity index (χ1n) is 6.69. The van der Waals surface area contributed by atoms with E-state index in [1.165, 1.54) is 0 Å². The van der Waals surface area contributed by atoms with Crippen molar-refractivity contribution in [1.82, 2.24) is 15.2 Å². The van der Waals surface area contributed by atoms with Crippen LogP contribution in [0.5, 0.6) is 0 Å². The lowest BCUT2D eigenvalue weighted by Crippen LogP contribution is -2.39. The van der Waals surface area contributed by atoms with Gasteiger partial charge >= 0.3 is 0 Å². The van der Waals surface area contributed by atoms with Gasteiger partial charge in [-0.1, -0.05) is 13.0 Å². The minimum absolute atomic E-state index is 0.0940. The summed E-state index contributed by atoms with van der Waals surface area (Å²) < 4.78 is 0. The first kappa shape index (κ1) is 15.4. The fourth-order valence-corrected chi connectivity index (χ4v) is 1.80. The highest BCUT2D eigenvalue weighted by atomic mass is 16.1. The van der Waals surface area contributed by atoms with E-state index < -0.39 is 0 Å². The van der Waals surface area contributed by atoms with Gasteiger partial charge in [-0.25, -0.2) is 4.98 Å². The number of nitrogens with one attached hydrogen (secondary N) is 2. The Kier molecular flexibility index (Phi) is 6.29. The van der Waals surface area contributed by atoms with Crippen molar-refractivity contribution in [3.63, 3.8) is 0 Å². The summed E-state index contributed by atoms with van der Waals surface area (Å²) in [6.07, 6.45) is 1.03. The van der Waals surface area contributed by atoms with E-state index in [1.54, 1.807) is 6.07 Å².